The zero-order valence-electron chi connectivity index (χ0n) is 28.0. The molecular formula is C32H38F3N7O5. The number of nitrogens with zero attached hydrogens (tertiary/aromatic N) is 6. The lowest BCUT2D eigenvalue weighted by Gasteiger charge is -2.40. The number of ether oxygens (including phenoxy) is 2. The molecule has 2 saturated heterocycles. The van der Waals surface area contributed by atoms with Gasteiger partial charge in [0.05, 0.1) is 47.0 Å². The molecule has 1 aromatic carbocycles. The molecule has 0 spiro atoms. The first-order valence-electron chi connectivity index (χ1n) is 16.5. The number of carbonyl (C=O) groups excluding carboxylic acids is 1. The van der Waals surface area contributed by atoms with Crippen LogP contribution >= 0.6 is 0 Å². The Balaban J connectivity index is 1.08. The molecule has 1 saturated carbocycles. The number of methoxy groups -OCH3 is 1. The van der Waals surface area contributed by atoms with Gasteiger partial charge in [-0.05, 0) is 55.4 Å². The summed E-state index contributed by atoms with van der Waals surface area (Å²) in [5, 5.41) is 17.3. The van der Waals surface area contributed by atoms with E-state index in [4.69, 9.17) is 12.2 Å². The topological polar surface area (TPSA) is 135 Å². The van der Waals surface area contributed by atoms with E-state index in [0.717, 1.165) is 24.6 Å². The van der Waals surface area contributed by atoms with Crippen molar-refractivity contribution in [2.24, 2.45) is 0 Å². The van der Waals surface area contributed by atoms with E-state index >= 15 is 0 Å². The first-order chi connectivity index (χ1) is 23.2. The number of piperidine rings is 1. The first kappa shape index (κ1) is 30.1. The molecule has 4 heterocycles. The van der Waals surface area contributed by atoms with Crippen LogP contribution in [0.25, 0.3) is 0 Å². The van der Waals surface area contributed by atoms with Crippen molar-refractivity contribution in [2.45, 2.75) is 75.5 Å². The van der Waals surface area contributed by atoms with Crippen molar-refractivity contribution < 1.29 is 35.3 Å². The summed E-state index contributed by atoms with van der Waals surface area (Å²) in [6.45, 7) is -0.706. The van der Waals surface area contributed by atoms with Gasteiger partial charge in [-0.25, -0.2) is 14.6 Å². The maximum Gasteiger partial charge on any atom is 0.423 e. The van der Waals surface area contributed by atoms with Gasteiger partial charge in [0.15, 0.2) is 0 Å². The van der Waals surface area contributed by atoms with Crippen molar-refractivity contribution in [1.29, 1.82) is 0 Å². The van der Waals surface area contributed by atoms with Gasteiger partial charge in [-0.15, -0.1) is 0 Å². The van der Waals surface area contributed by atoms with Gasteiger partial charge in [0.2, 0.25) is 5.95 Å². The average molecular weight is 660 g/mol. The summed E-state index contributed by atoms with van der Waals surface area (Å²) in [7, 11) is 1.47. The third-order valence-electron chi connectivity index (χ3n) is 8.71. The highest BCUT2D eigenvalue weighted by atomic mass is 19.4. The van der Waals surface area contributed by atoms with Crippen LogP contribution in [0.15, 0.2) is 47.7 Å². The summed E-state index contributed by atoms with van der Waals surface area (Å²) >= 11 is 0. The number of hydrogen-bond donors (Lipinski definition) is 2. The number of β-amino-alcohol motifs (C(OH)–C–C–N with tert-alkyl or cyclic N) is 1. The summed E-state index contributed by atoms with van der Waals surface area (Å²) in [6.07, 6.45) is 0.0497. The molecule has 47 heavy (non-hydrogen) atoms. The Labute approximate surface area is 272 Å². The van der Waals surface area contributed by atoms with Crippen molar-refractivity contribution in [2.75, 3.05) is 43.5 Å². The number of halogens is 3. The van der Waals surface area contributed by atoms with E-state index < -0.39 is 59.7 Å². The van der Waals surface area contributed by atoms with Crippen molar-refractivity contribution in [3.63, 3.8) is 0 Å². The van der Waals surface area contributed by atoms with Gasteiger partial charge in [-0.2, -0.15) is 18.3 Å². The molecule has 3 aromatic rings. The Morgan fingerprint density at radius 1 is 1.09 bits per heavy atom. The summed E-state index contributed by atoms with van der Waals surface area (Å²) in [4.78, 5) is 38.6. The molecule has 2 aliphatic heterocycles. The van der Waals surface area contributed by atoms with Crippen LogP contribution < -0.4 is 20.5 Å². The summed E-state index contributed by atoms with van der Waals surface area (Å²) in [5.41, 5.74) is -2.05. The Morgan fingerprint density at radius 2 is 1.81 bits per heavy atom. The second kappa shape index (κ2) is 13.5. The number of amides is 1. The Bertz CT molecular complexity index is 1710. The van der Waals surface area contributed by atoms with E-state index in [1.807, 2.05) is 17.3 Å². The van der Waals surface area contributed by atoms with Gasteiger partial charge in [0, 0.05) is 44.5 Å². The molecule has 1 aliphatic carbocycles. The summed E-state index contributed by atoms with van der Waals surface area (Å²) < 4.78 is 70.8. The summed E-state index contributed by atoms with van der Waals surface area (Å²) in [6, 6.07) is 4.43. The number of likely N-dealkylation sites (tertiary alicyclic amines) is 1. The minimum Gasteiger partial charge on any atom is -0.497 e. The average Bonchev–Trinajstić information content (AvgIpc) is 3.86. The maximum absolute atomic E-state index is 14.2. The minimum atomic E-state index is -5.08. The zero-order valence-corrected chi connectivity index (χ0v) is 26.0. The second-order valence-electron chi connectivity index (χ2n) is 12.1. The van der Waals surface area contributed by atoms with E-state index in [1.165, 1.54) is 18.9 Å². The fraction of sp³-hybridized carbons (Fsp3) is 0.531. The van der Waals surface area contributed by atoms with Crippen LogP contribution in [0.5, 0.6) is 5.75 Å². The monoisotopic (exact) mass is 659 g/mol. The third-order valence-corrected chi connectivity index (χ3v) is 8.71. The Hall–Kier alpha value is -4.24. The molecular weight excluding hydrogens is 619 g/mol. The molecule has 0 bridgehead atoms. The van der Waals surface area contributed by atoms with Gasteiger partial charge >= 0.3 is 6.18 Å². The van der Waals surface area contributed by atoms with E-state index in [1.54, 1.807) is 24.3 Å². The van der Waals surface area contributed by atoms with E-state index in [0.29, 0.717) is 40.8 Å². The fourth-order valence-corrected chi connectivity index (χ4v) is 6.04. The Kier molecular flexibility index (Phi) is 8.63. The lowest BCUT2D eigenvalue weighted by Crippen LogP contribution is -2.55. The number of aromatic nitrogens is 4. The van der Waals surface area contributed by atoms with Gasteiger partial charge in [-0.3, -0.25) is 9.59 Å². The minimum absolute atomic E-state index is 0.125. The van der Waals surface area contributed by atoms with E-state index in [-0.39, 0.29) is 26.1 Å². The summed E-state index contributed by atoms with van der Waals surface area (Å²) in [5.74, 6) is 1.05. The lowest BCUT2D eigenvalue weighted by atomic mass is 10.0. The van der Waals surface area contributed by atoms with Crippen LogP contribution in [-0.4, -0.2) is 93.3 Å². The van der Waals surface area contributed by atoms with Crippen LogP contribution in [0.1, 0.15) is 58.0 Å². The lowest BCUT2D eigenvalue weighted by molar-refractivity contribution is -0.141. The first-order valence-corrected chi connectivity index (χ1v) is 15.5. The normalized spacial score (nSPS) is 23.4. The molecule has 2 N–H and O–H groups in total. The van der Waals surface area contributed by atoms with Gasteiger partial charge in [0.25, 0.3) is 11.5 Å². The number of benzene rings is 1. The molecule has 3 fully saturated rings. The van der Waals surface area contributed by atoms with Gasteiger partial charge in [-0.1, -0.05) is 12.1 Å². The SMILES string of the molecule is [2H]C([2H])(O[C@@H]1CCN([C@@H]2CCN(c3ncc(C4CC4)cn3)C[C@H]2O)C1=O)[C@H](C)Nc1cnn(Cc2ccc(OC)cc2)c(=O)c1C(F)(F)F. The number of carbonyl (C=O) groups is 1. The number of alkyl halides is 3. The molecule has 3 aliphatic rings. The third kappa shape index (κ3) is 7.35. The van der Waals surface area contributed by atoms with Crippen LogP contribution in [0.3, 0.4) is 0 Å². The zero-order chi connectivity index (χ0) is 35.1. The number of anilines is 2. The molecule has 252 valence electrons. The second-order valence-corrected chi connectivity index (χ2v) is 12.1. The number of hydrogen-bond acceptors (Lipinski definition) is 10. The molecule has 0 unspecified atom stereocenters. The highest BCUT2D eigenvalue weighted by Crippen LogP contribution is 2.39. The van der Waals surface area contributed by atoms with Crippen LogP contribution in [0, 0.1) is 0 Å². The Morgan fingerprint density at radius 3 is 2.45 bits per heavy atom. The quantitative estimate of drug-likeness (QED) is 0.316. The van der Waals surface area contributed by atoms with Crippen LogP contribution in [0.2, 0.25) is 0 Å². The highest BCUT2D eigenvalue weighted by molar-refractivity contribution is 5.83. The molecule has 15 heteroatoms. The molecule has 4 atom stereocenters. The maximum atomic E-state index is 14.2. The smallest absolute Gasteiger partial charge is 0.423 e. The van der Waals surface area contributed by atoms with E-state index in [9.17, 15) is 27.9 Å². The molecule has 6 rings (SSSR count). The number of nitrogens with one attached hydrogen (secondary N) is 1. The number of aliphatic hydroxyl groups excluding tert-OH is 1. The van der Waals surface area contributed by atoms with Crippen LogP contribution in [0.4, 0.5) is 24.8 Å². The molecule has 0 radical (unpaired) electrons. The fourth-order valence-electron chi connectivity index (χ4n) is 6.04. The highest BCUT2D eigenvalue weighted by Gasteiger charge is 2.42. The predicted molar refractivity (Wildman–Crippen MR) is 165 cm³/mol. The molecule has 12 nitrogen and oxygen atoms in total. The van der Waals surface area contributed by atoms with Crippen molar-refractivity contribution >= 4 is 17.5 Å². The molecule has 2 aromatic heterocycles. The molecule has 1 amide bonds. The predicted octanol–water partition coefficient (Wildman–Crippen LogP) is 3.04. The van der Waals surface area contributed by atoms with Gasteiger partial charge in [0.1, 0.15) is 17.4 Å². The van der Waals surface area contributed by atoms with Crippen molar-refractivity contribution in [3.05, 3.63) is 69.9 Å². The standard InChI is InChI=1S/C32H38F3N7O5/c1-19(39-24-15-38-42(30(45)28(24)32(33,34)35)16-20-3-7-23(46-2)8-4-20)18-47-27-10-12-41(29(27)44)25-9-11-40(17-26(25)43)31-36-13-22(14-37-31)21-5-6-21/h3-4,7-8,13-15,19,21,25-27,39,43H,5-6,9-12,16-18H2,1-2H3/t19-,25+,26+,27+/m0/s1/i18D2. The van der Waals surface area contributed by atoms with Crippen LogP contribution in [-0.2, 0) is 22.3 Å². The number of aliphatic hydroxyl groups is 1. The number of rotatable bonds is 11. The van der Waals surface area contributed by atoms with Crippen molar-refractivity contribution in [1.82, 2.24) is 24.6 Å². The van der Waals surface area contributed by atoms with E-state index in [2.05, 4.69) is 20.4 Å². The van der Waals surface area contributed by atoms with Gasteiger partial charge < -0.3 is 29.7 Å². The van der Waals surface area contributed by atoms with Crippen molar-refractivity contribution in [3.8, 4) is 5.75 Å². The largest absolute Gasteiger partial charge is 0.497 e.